The molecule has 1 fully saturated rings. The van der Waals surface area contributed by atoms with Crippen LogP contribution in [0, 0.1) is 0 Å². The molecule has 1 saturated heterocycles. The summed E-state index contributed by atoms with van der Waals surface area (Å²) in [5.41, 5.74) is 4.47. The van der Waals surface area contributed by atoms with E-state index in [9.17, 15) is 34.8 Å². The van der Waals surface area contributed by atoms with Crippen LogP contribution in [0.25, 0.3) is 12.3 Å². The summed E-state index contributed by atoms with van der Waals surface area (Å²) in [6.45, 7) is 1.09. The summed E-state index contributed by atoms with van der Waals surface area (Å²) in [4.78, 5) is 39.0. The molecule has 5 rings (SSSR count). The van der Waals surface area contributed by atoms with Gasteiger partial charge in [0.2, 0.25) is 0 Å². The number of ketones is 3. The van der Waals surface area contributed by atoms with Crippen molar-refractivity contribution >= 4 is 48.6 Å². The number of phenolic OH excluding ortho intramolecular Hbond substituents is 2. The van der Waals surface area contributed by atoms with Crippen molar-refractivity contribution in [1.29, 1.82) is 0 Å². The summed E-state index contributed by atoms with van der Waals surface area (Å²) in [7, 11) is 9.75. The van der Waals surface area contributed by atoms with Gasteiger partial charge in [0.25, 0.3) is 0 Å². The molecule has 3 aliphatic rings. The number of aromatic hydroxyl groups is 2. The average molecular weight is 818 g/mol. The Bertz CT molecular complexity index is 1320. The molecule has 16 heteroatoms. The van der Waals surface area contributed by atoms with Gasteiger partial charge in [0.15, 0.2) is 17.9 Å². The van der Waals surface area contributed by atoms with Crippen LogP contribution in [0.1, 0.15) is 68.8 Å². The Morgan fingerprint density at radius 1 is 1.05 bits per heavy atom. The number of benzene rings is 2. The predicted molar refractivity (Wildman–Crippen MR) is 149 cm³/mol. The second-order valence-corrected chi connectivity index (χ2v) is 12.7. The minimum atomic E-state index is -1.50. The van der Waals surface area contributed by atoms with Crippen molar-refractivity contribution in [3.63, 3.8) is 0 Å². The van der Waals surface area contributed by atoms with E-state index in [-0.39, 0.29) is 84.0 Å². The Hall–Kier alpha value is -1.67. The van der Waals surface area contributed by atoms with Gasteiger partial charge < -0.3 is 47.9 Å². The average Bonchev–Trinajstić information content (AvgIpc) is 2.87. The van der Waals surface area contributed by atoms with Crippen LogP contribution in [0.15, 0.2) is 24.3 Å². The fourth-order valence-electron chi connectivity index (χ4n) is 5.13. The number of carbonyl (C=O) groups excluding carboxylic acids is 3. The van der Waals surface area contributed by atoms with Crippen LogP contribution in [-0.4, -0.2) is 68.4 Å². The maximum atomic E-state index is 13.3. The van der Waals surface area contributed by atoms with Gasteiger partial charge in [0.05, 0.1) is 35.5 Å². The first-order valence-corrected chi connectivity index (χ1v) is 17.1. The molecule has 0 aromatic heterocycles. The van der Waals surface area contributed by atoms with E-state index in [0.29, 0.717) is 0 Å². The third-order valence-corrected chi connectivity index (χ3v) is 7.17. The van der Waals surface area contributed by atoms with Crippen molar-refractivity contribution in [3.8, 4) is 11.5 Å². The number of phenols is 2. The number of fused-ring (bicyclic) bond motifs is 3. The van der Waals surface area contributed by atoms with Crippen LogP contribution in [0.4, 0.5) is 0 Å². The molecule has 1 heterocycles. The zero-order valence-electron chi connectivity index (χ0n) is 21.5. The minimum Gasteiger partial charge on any atom is -0.693 e. The molecule has 10 N–H and O–H groups in total. The van der Waals surface area contributed by atoms with Crippen molar-refractivity contribution < 1.29 is 60.8 Å². The minimum absolute atomic E-state index is 0. The SMILES string of the molecule is CC(=O)[C@]1(N)Cc2c(O)c3c(c(O)c2[C@@H](O[C@H]2C[C@H](O)[C@H](O)CO2)C1)C(=O)c1ccccc1C3=O.Cl.[Cl][Pt+2][Cl].[NH2-].[NH2-]. The second-order valence-electron chi connectivity index (χ2n) is 9.44. The van der Waals surface area contributed by atoms with E-state index < -0.39 is 75.5 Å². The Morgan fingerprint density at radius 2 is 1.56 bits per heavy atom. The summed E-state index contributed by atoms with van der Waals surface area (Å²) >= 11 is -0.472. The molecule has 0 bridgehead atoms. The van der Waals surface area contributed by atoms with Crippen LogP contribution in [0.2, 0.25) is 0 Å². The van der Waals surface area contributed by atoms with E-state index >= 15 is 0 Å². The zero-order chi connectivity index (χ0) is 27.9. The Balaban J connectivity index is 0.00000134. The summed E-state index contributed by atoms with van der Waals surface area (Å²) in [5, 5.41) is 42.3. The molecular weight excluding hydrogens is 788 g/mol. The Kier molecular flexibility index (Phi) is 13.4. The van der Waals surface area contributed by atoms with Crippen molar-refractivity contribution in [1.82, 2.24) is 0 Å². The number of ether oxygens (including phenoxy) is 2. The monoisotopic (exact) mass is 816 g/mol. The van der Waals surface area contributed by atoms with Gasteiger partial charge in [-0.15, -0.1) is 12.4 Å². The number of rotatable bonds is 3. The number of halogens is 3. The largest absolute Gasteiger partial charge is 0.693 e. The quantitative estimate of drug-likeness (QED) is 0.239. The van der Waals surface area contributed by atoms with Gasteiger partial charge in [-0.1, -0.05) is 24.3 Å². The molecule has 0 saturated carbocycles. The van der Waals surface area contributed by atoms with E-state index in [0.717, 1.165) is 0 Å². The van der Waals surface area contributed by atoms with Crippen LogP contribution in [0.5, 0.6) is 11.5 Å². The molecule has 0 spiro atoms. The summed E-state index contributed by atoms with van der Waals surface area (Å²) in [6, 6.07) is 6.10. The zero-order valence-corrected chi connectivity index (χ0v) is 26.1. The fraction of sp³-hybridized carbons (Fsp3) is 0.400. The normalized spacial score (nSPS) is 26.0. The smallest absolute Gasteiger partial charge is 0.693 e. The first-order valence-electron chi connectivity index (χ1n) is 11.5. The van der Waals surface area contributed by atoms with Gasteiger partial charge in [-0.3, -0.25) is 14.4 Å². The number of carbonyl (C=O) groups is 3. The van der Waals surface area contributed by atoms with Gasteiger partial charge in [0, 0.05) is 41.5 Å². The number of Topliss-reactive ketones (excluding diaryl/α,β-unsaturated/α-hetero) is 1. The number of hydrogen-bond donors (Lipinski definition) is 5. The molecule has 2 aromatic rings. The summed E-state index contributed by atoms with van der Waals surface area (Å²) < 4.78 is 11.4. The Labute approximate surface area is 258 Å². The maximum absolute atomic E-state index is 13.3. The van der Waals surface area contributed by atoms with Crippen LogP contribution < -0.4 is 5.73 Å². The van der Waals surface area contributed by atoms with Crippen molar-refractivity contribution in [2.24, 2.45) is 5.73 Å². The molecule has 12 nitrogen and oxygen atoms in total. The number of hydrogen-bond acceptors (Lipinski definition) is 10. The molecule has 0 radical (unpaired) electrons. The first-order chi connectivity index (χ1) is 17.9. The number of nitrogens with two attached hydrogens (primary N) is 3. The molecule has 2 aliphatic carbocycles. The van der Waals surface area contributed by atoms with E-state index in [1.54, 1.807) is 12.1 Å². The maximum Gasteiger partial charge on any atom is -0.693 e. The molecule has 1 aliphatic heterocycles. The van der Waals surface area contributed by atoms with Crippen molar-refractivity contribution in [2.45, 2.75) is 56.3 Å². The van der Waals surface area contributed by atoms with Crippen molar-refractivity contribution in [2.75, 3.05) is 6.61 Å². The molecular formula is C25H30Cl3N3O9Pt. The molecule has 5 atom stereocenters. The van der Waals surface area contributed by atoms with Gasteiger partial charge in [-0.25, -0.2) is 0 Å². The first kappa shape index (κ1) is 37.4. The topological polar surface area (TPSA) is 244 Å². The third kappa shape index (κ3) is 6.79. The van der Waals surface area contributed by atoms with Crippen LogP contribution in [0.3, 0.4) is 0 Å². The fourth-order valence-corrected chi connectivity index (χ4v) is 5.13. The van der Waals surface area contributed by atoms with Crippen LogP contribution in [-0.2, 0) is 37.2 Å². The van der Waals surface area contributed by atoms with Gasteiger partial charge in [0.1, 0.15) is 23.4 Å². The van der Waals surface area contributed by atoms with Gasteiger partial charge >= 0.3 is 35.3 Å². The number of aliphatic hydroxyl groups excluding tert-OH is 2. The molecule has 41 heavy (non-hydrogen) atoms. The second kappa shape index (κ2) is 14.7. The summed E-state index contributed by atoms with van der Waals surface area (Å²) in [6.07, 6.45) is -4.74. The van der Waals surface area contributed by atoms with E-state index in [2.05, 4.69) is 0 Å². The van der Waals surface area contributed by atoms with E-state index in [4.69, 9.17) is 34.0 Å². The molecule has 0 unspecified atom stereocenters. The van der Waals surface area contributed by atoms with E-state index in [1.165, 1.54) is 19.1 Å². The van der Waals surface area contributed by atoms with E-state index in [1.807, 2.05) is 0 Å². The summed E-state index contributed by atoms with van der Waals surface area (Å²) in [5.74, 6) is -2.74. The standard InChI is InChI=1S/C25H25NO9.3ClH.2H2N.Pt/c1-10(27)25(26)7-13-18(16(8-25)35-17-6-14(28)15(29)9-34-17)24(33)20-19(23(13)32)21(30)11-4-2-3-5-12(11)22(20)31;;;;;;/h2-5,14-17,28-29,32-33H,6-9,26H2,1H3;3*1H;2*1H2;/q;;;;2*-1;+4/p-2/t14-,15+,16-,17-,25-;;;;;;/m0....../s1. The molecule has 0 amide bonds. The van der Waals surface area contributed by atoms with Crippen molar-refractivity contribution in [3.05, 3.63) is 69.9 Å². The van der Waals surface area contributed by atoms with Gasteiger partial charge in [-0.05, 0) is 6.92 Å². The number of aliphatic hydroxyl groups is 2. The predicted octanol–water partition coefficient (Wildman–Crippen LogP) is 3.86. The third-order valence-electron chi connectivity index (χ3n) is 7.17. The molecule has 230 valence electrons. The van der Waals surface area contributed by atoms with Crippen LogP contribution >= 0.6 is 31.2 Å². The molecule has 2 aromatic carbocycles. The Morgan fingerprint density at radius 3 is 2.05 bits per heavy atom. The van der Waals surface area contributed by atoms with Gasteiger partial charge in [-0.2, -0.15) is 0 Å².